The normalized spacial score (nSPS) is 16.5. The summed E-state index contributed by atoms with van der Waals surface area (Å²) in [5.41, 5.74) is 2.40. The summed E-state index contributed by atoms with van der Waals surface area (Å²) in [6, 6.07) is 5.63. The van der Waals surface area contributed by atoms with E-state index in [4.69, 9.17) is 11.6 Å². The number of aromatic nitrogens is 3. The molecule has 1 fully saturated rings. The van der Waals surface area contributed by atoms with Gasteiger partial charge in [-0.15, -0.1) is 0 Å². The van der Waals surface area contributed by atoms with Gasteiger partial charge in [-0.05, 0) is 50.6 Å². The Morgan fingerprint density at radius 3 is 2.72 bits per heavy atom. The molecular formula is C19H24ClN4O+. The van der Waals surface area contributed by atoms with Gasteiger partial charge in [-0.3, -0.25) is 0 Å². The summed E-state index contributed by atoms with van der Waals surface area (Å²) < 4.78 is 1.77. The Hall–Kier alpha value is -1.85. The van der Waals surface area contributed by atoms with Crippen LogP contribution in [0.25, 0.3) is 21.9 Å². The molecule has 0 amide bonds. The number of hydrogen-bond donors (Lipinski definition) is 1. The molecule has 3 aromatic rings. The van der Waals surface area contributed by atoms with Crippen molar-refractivity contribution in [1.82, 2.24) is 14.5 Å². The van der Waals surface area contributed by atoms with Crippen molar-refractivity contribution in [3.05, 3.63) is 39.9 Å². The lowest BCUT2D eigenvalue weighted by Crippen LogP contribution is -2.30. The molecule has 2 aromatic heterocycles. The molecule has 1 saturated heterocycles. The first-order valence-corrected chi connectivity index (χ1v) is 9.54. The third-order valence-electron chi connectivity index (χ3n) is 5.17. The number of rotatable bonds is 4. The number of nitrogens with one attached hydrogen (secondary N) is 2. The molecule has 0 atom stereocenters. The van der Waals surface area contributed by atoms with Crippen molar-refractivity contribution in [2.45, 2.75) is 38.6 Å². The molecule has 1 aromatic carbocycles. The molecular weight excluding hydrogens is 336 g/mol. The smallest absolute Gasteiger partial charge is 0.345 e. The molecule has 0 aliphatic carbocycles. The molecule has 4 rings (SSSR count). The summed E-state index contributed by atoms with van der Waals surface area (Å²) in [6.45, 7) is 4.19. The summed E-state index contributed by atoms with van der Waals surface area (Å²) >= 11 is 6.09. The zero-order valence-electron chi connectivity index (χ0n) is 14.4. The van der Waals surface area contributed by atoms with E-state index in [1.165, 1.54) is 38.8 Å². The van der Waals surface area contributed by atoms with Crippen molar-refractivity contribution < 1.29 is 4.98 Å². The molecule has 132 valence electrons. The van der Waals surface area contributed by atoms with E-state index in [0.717, 1.165) is 35.9 Å². The van der Waals surface area contributed by atoms with Crippen molar-refractivity contribution in [1.29, 1.82) is 0 Å². The first kappa shape index (κ1) is 16.6. The molecule has 1 aliphatic rings. The Morgan fingerprint density at radius 2 is 1.92 bits per heavy atom. The van der Waals surface area contributed by atoms with Crippen LogP contribution in [0.2, 0.25) is 5.02 Å². The van der Waals surface area contributed by atoms with Gasteiger partial charge in [0.05, 0.1) is 12.1 Å². The number of likely N-dealkylation sites (tertiary alicyclic amines) is 1. The van der Waals surface area contributed by atoms with Crippen LogP contribution >= 0.6 is 11.6 Å². The summed E-state index contributed by atoms with van der Waals surface area (Å²) in [4.78, 5) is 21.8. The van der Waals surface area contributed by atoms with Gasteiger partial charge in [0.15, 0.2) is 11.0 Å². The Morgan fingerprint density at radius 1 is 1.12 bits per heavy atom. The lowest BCUT2D eigenvalue weighted by atomic mass is 10.2. The Labute approximate surface area is 151 Å². The minimum absolute atomic E-state index is 0.0249. The fraction of sp³-hybridized carbons (Fsp3) is 0.474. The van der Waals surface area contributed by atoms with Crippen LogP contribution in [-0.4, -0.2) is 34.1 Å². The molecule has 0 radical (unpaired) electrons. The number of benzene rings is 1. The van der Waals surface area contributed by atoms with Gasteiger partial charge in [0.1, 0.15) is 0 Å². The second-order valence-electron chi connectivity index (χ2n) is 6.95. The lowest BCUT2D eigenvalue weighted by Gasteiger charge is -2.18. The maximum absolute atomic E-state index is 12.8. The van der Waals surface area contributed by atoms with Crippen LogP contribution in [0.4, 0.5) is 0 Å². The van der Waals surface area contributed by atoms with E-state index in [9.17, 15) is 4.79 Å². The third-order valence-corrected chi connectivity index (χ3v) is 5.41. The highest BCUT2D eigenvalue weighted by molar-refractivity contribution is 6.31. The van der Waals surface area contributed by atoms with Gasteiger partial charge >= 0.3 is 5.56 Å². The van der Waals surface area contributed by atoms with E-state index in [2.05, 4.69) is 14.9 Å². The molecule has 2 N–H and O–H groups in total. The van der Waals surface area contributed by atoms with Gasteiger partial charge < -0.3 is 9.88 Å². The predicted octanol–water partition coefficient (Wildman–Crippen LogP) is 3.22. The van der Waals surface area contributed by atoms with E-state index in [-0.39, 0.29) is 5.56 Å². The molecule has 6 heteroatoms. The summed E-state index contributed by atoms with van der Waals surface area (Å²) in [7, 11) is 0. The summed E-state index contributed by atoms with van der Waals surface area (Å²) in [5, 5.41) is 1.62. The van der Waals surface area contributed by atoms with Crippen LogP contribution in [0.5, 0.6) is 0 Å². The van der Waals surface area contributed by atoms with Crippen molar-refractivity contribution in [3.63, 3.8) is 0 Å². The standard InChI is InChI=1S/C19H23ClN4O/c20-14-6-7-16-15(12-14)17-18(22-16)19(25)24(13-21-17)11-5-10-23-8-3-1-2-4-9-23/h6-7,12-13,22H,1-5,8-11H2/p+1. The minimum atomic E-state index is 0.0249. The lowest BCUT2D eigenvalue weighted by molar-refractivity contribution is -0.352. The molecule has 0 saturated carbocycles. The number of H-pyrrole nitrogens is 2. The maximum Gasteiger partial charge on any atom is 0.361 e. The van der Waals surface area contributed by atoms with Gasteiger partial charge in [0, 0.05) is 17.0 Å². The fourth-order valence-electron chi connectivity index (χ4n) is 3.81. The van der Waals surface area contributed by atoms with Crippen LogP contribution in [-0.2, 0) is 6.54 Å². The quantitative estimate of drug-likeness (QED) is 0.777. The molecule has 3 heterocycles. The zero-order chi connectivity index (χ0) is 17.2. The van der Waals surface area contributed by atoms with Crippen molar-refractivity contribution in [2.24, 2.45) is 0 Å². The first-order chi connectivity index (χ1) is 12.2. The second-order valence-corrected chi connectivity index (χ2v) is 7.38. The van der Waals surface area contributed by atoms with Crippen molar-refractivity contribution in [2.75, 3.05) is 19.6 Å². The van der Waals surface area contributed by atoms with Gasteiger partial charge in [-0.25, -0.2) is 9.78 Å². The number of aryl methyl sites for hydroxylation is 1. The Balaban J connectivity index is 1.53. The van der Waals surface area contributed by atoms with Crippen LogP contribution in [0.1, 0.15) is 32.1 Å². The van der Waals surface area contributed by atoms with E-state index in [1.54, 1.807) is 10.9 Å². The fourth-order valence-corrected chi connectivity index (χ4v) is 3.98. The number of nitrogens with zero attached hydrogens (tertiary/aromatic N) is 2. The largest absolute Gasteiger partial charge is 0.361 e. The van der Waals surface area contributed by atoms with Gasteiger partial charge in [0.2, 0.25) is 6.33 Å². The topological polar surface area (TPSA) is 55.2 Å². The van der Waals surface area contributed by atoms with Gasteiger partial charge in [-0.2, -0.15) is 4.57 Å². The molecule has 25 heavy (non-hydrogen) atoms. The van der Waals surface area contributed by atoms with Crippen LogP contribution < -0.4 is 10.5 Å². The van der Waals surface area contributed by atoms with E-state index < -0.39 is 0 Å². The van der Waals surface area contributed by atoms with E-state index in [1.807, 2.05) is 18.2 Å². The number of aromatic amines is 2. The predicted molar refractivity (Wildman–Crippen MR) is 101 cm³/mol. The number of hydrogen-bond acceptors (Lipinski definition) is 2. The van der Waals surface area contributed by atoms with Crippen molar-refractivity contribution in [3.8, 4) is 0 Å². The molecule has 1 aliphatic heterocycles. The SMILES string of the molecule is O=c1c2[nH]c3ccc(Cl)cc3c2[nH+]cn1CCCN1CCCCCC1. The summed E-state index contributed by atoms with van der Waals surface area (Å²) in [5.74, 6) is 0. The average Bonchev–Trinajstić information content (AvgIpc) is 2.78. The first-order valence-electron chi connectivity index (χ1n) is 9.17. The van der Waals surface area contributed by atoms with Crippen LogP contribution in [0.3, 0.4) is 0 Å². The molecule has 0 bridgehead atoms. The van der Waals surface area contributed by atoms with E-state index >= 15 is 0 Å². The van der Waals surface area contributed by atoms with Crippen LogP contribution in [0.15, 0.2) is 29.3 Å². The zero-order valence-corrected chi connectivity index (χ0v) is 15.1. The maximum atomic E-state index is 12.8. The second kappa shape index (κ2) is 7.18. The molecule has 0 spiro atoms. The van der Waals surface area contributed by atoms with Gasteiger partial charge in [-0.1, -0.05) is 24.4 Å². The monoisotopic (exact) mass is 359 g/mol. The highest BCUT2D eigenvalue weighted by Gasteiger charge is 2.16. The Bertz CT molecular complexity index is 938. The number of fused-ring (bicyclic) bond motifs is 3. The van der Waals surface area contributed by atoms with E-state index in [0.29, 0.717) is 10.5 Å². The minimum Gasteiger partial charge on any atom is -0.345 e. The summed E-state index contributed by atoms with van der Waals surface area (Å²) in [6.07, 6.45) is 8.10. The number of halogens is 1. The van der Waals surface area contributed by atoms with Gasteiger partial charge in [0.25, 0.3) is 0 Å². The van der Waals surface area contributed by atoms with Crippen molar-refractivity contribution >= 4 is 33.5 Å². The average molecular weight is 360 g/mol. The molecule has 5 nitrogen and oxygen atoms in total. The Kier molecular flexibility index (Phi) is 4.77. The highest BCUT2D eigenvalue weighted by atomic mass is 35.5. The molecule has 0 unspecified atom stereocenters. The third kappa shape index (κ3) is 3.44. The van der Waals surface area contributed by atoms with Crippen LogP contribution in [0, 0.1) is 0 Å². The highest BCUT2D eigenvalue weighted by Crippen LogP contribution is 2.23.